The summed E-state index contributed by atoms with van der Waals surface area (Å²) in [5, 5.41) is 11.8. The van der Waals surface area contributed by atoms with Crippen LogP contribution in [0.1, 0.15) is 25.7 Å². The van der Waals surface area contributed by atoms with Gasteiger partial charge in [0.2, 0.25) is 5.91 Å². The van der Waals surface area contributed by atoms with E-state index in [4.69, 9.17) is 9.84 Å². The normalized spacial score (nSPS) is 15.7. The first-order valence-corrected chi connectivity index (χ1v) is 6.89. The molecule has 1 amide bonds. The predicted octanol–water partition coefficient (Wildman–Crippen LogP) is 1.87. The molecule has 1 aliphatic rings. The van der Waals surface area contributed by atoms with Crippen molar-refractivity contribution in [1.29, 1.82) is 0 Å². The largest absolute Gasteiger partial charge is 0.493 e. The molecule has 1 aliphatic carbocycles. The maximum atomic E-state index is 12.9. The van der Waals surface area contributed by atoms with Crippen molar-refractivity contribution < 1.29 is 19.0 Å². The third-order valence-corrected chi connectivity index (χ3v) is 3.65. The monoisotopic (exact) mass is 281 g/mol. The Morgan fingerprint density at radius 1 is 1.45 bits per heavy atom. The van der Waals surface area contributed by atoms with Crippen LogP contribution in [0.5, 0.6) is 5.75 Å². The van der Waals surface area contributed by atoms with Crippen molar-refractivity contribution >= 4 is 5.91 Å². The molecule has 4 nitrogen and oxygen atoms in total. The van der Waals surface area contributed by atoms with Crippen molar-refractivity contribution in [3.05, 3.63) is 30.1 Å². The van der Waals surface area contributed by atoms with E-state index in [1.165, 1.54) is 12.1 Å². The Labute approximate surface area is 117 Å². The van der Waals surface area contributed by atoms with Crippen molar-refractivity contribution in [3.63, 3.8) is 0 Å². The molecule has 0 unspecified atom stereocenters. The van der Waals surface area contributed by atoms with Crippen LogP contribution in [0.4, 0.5) is 4.39 Å². The van der Waals surface area contributed by atoms with E-state index in [0.717, 1.165) is 19.3 Å². The first-order chi connectivity index (χ1) is 9.63. The Bertz CT molecular complexity index is 460. The number of nitrogens with one attached hydrogen (secondary N) is 1. The van der Waals surface area contributed by atoms with Crippen LogP contribution in [0.3, 0.4) is 0 Å². The number of benzene rings is 1. The second-order valence-corrected chi connectivity index (χ2v) is 5.31. The Morgan fingerprint density at radius 3 is 2.90 bits per heavy atom. The molecule has 1 aromatic carbocycles. The van der Waals surface area contributed by atoms with Crippen LogP contribution in [0.15, 0.2) is 24.3 Å². The van der Waals surface area contributed by atoms with Gasteiger partial charge in [0, 0.05) is 19.2 Å². The van der Waals surface area contributed by atoms with Crippen LogP contribution in [-0.2, 0) is 4.79 Å². The van der Waals surface area contributed by atoms with Gasteiger partial charge >= 0.3 is 0 Å². The lowest BCUT2D eigenvalue weighted by atomic mass is 10.0. The summed E-state index contributed by atoms with van der Waals surface area (Å²) in [6.07, 6.45) is 3.11. The minimum Gasteiger partial charge on any atom is -0.493 e. The highest BCUT2D eigenvalue weighted by molar-refractivity contribution is 5.76. The third-order valence-electron chi connectivity index (χ3n) is 3.65. The van der Waals surface area contributed by atoms with Crippen molar-refractivity contribution in [2.45, 2.75) is 25.7 Å². The van der Waals surface area contributed by atoms with Crippen LogP contribution in [0, 0.1) is 11.2 Å². The summed E-state index contributed by atoms with van der Waals surface area (Å²) in [6, 6.07) is 5.85. The Kier molecular flexibility index (Phi) is 4.95. The number of aliphatic hydroxyl groups is 1. The second-order valence-electron chi connectivity index (χ2n) is 5.31. The number of rotatable bonds is 8. The summed E-state index contributed by atoms with van der Waals surface area (Å²) in [7, 11) is 0. The highest BCUT2D eigenvalue weighted by Gasteiger charge is 2.41. The predicted molar refractivity (Wildman–Crippen MR) is 72.9 cm³/mol. The summed E-state index contributed by atoms with van der Waals surface area (Å²) in [5.74, 6) is -0.00556. The zero-order chi connectivity index (χ0) is 14.4. The molecule has 0 saturated heterocycles. The van der Waals surface area contributed by atoms with Gasteiger partial charge in [0.25, 0.3) is 0 Å². The third kappa shape index (κ3) is 4.49. The number of amides is 1. The van der Waals surface area contributed by atoms with Gasteiger partial charge in [-0.2, -0.15) is 0 Å². The Hall–Kier alpha value is -1.62. The fourth-order valence-electron chi connectivity index (χ4n) is 2.12. The molecular weight excluding hydrogens is 261 g/mol. The van der Waals surface area contributed by atoms with Gasteiger partial charge in [-0.3, -0.25) is 4.79 Å². The van der Waals surface area contributed by atoms with Crippen molar-refractivity contribution in [2.75, 3.05) is 19.8 Å². The molecule has 0 bridgehead atoms. The fourth-order valence-corrected chi connectivity index (χ4v) is 2.12. The zero-order valence-corrected chi connectivity index (χ0v) is 11.4. The van der Waals surface area contributed by atoms with Gasteiger partial charge < -0.3 is 15.2 Å². The molecule has 2 N–H and O–H groups in total. The van der Waals surface area contributed by atoms with E-state index in [9.17, 15) is 9.18 Å². The lowest BCUT2D eigenvalue weighted by molar-refractivity contribution is -0.121. The van der Waals surface area contributed by atoms with E-state index < -0.39 is 0 Å². The van der Waals surface area contributed by atoms with Crippen LogP contribution in [-0.4, -0.2) is 30.8 Å². The van der Waals surface area contributed by atoms with Gasteiger partial charge in [0.1, 0.15) is 11.6 Å². The quantitative estimate of drug-likeness (QED) is 0.765. The van der Waals surface area contributed by atoms with E-state index in [1.807, 2.05) is 0 Å². The van der Waals surface area contributed by atoms with Gasteiger partial charge in [0.05, 0.1) is 13.0 Å². The number of hydrogen-bond acceptors (Lipinski definition) is 3. The summed E-state index contributed by atoms with van der Waals surface area (Å²) in [4.78, 5) is 11.7. The smallest absolute Gasteiger partial charge is 0.223 e. The Morgan fingerprint density at radius 2 is 2.25 bits per heavy atom. The zero-order valence-electron chi connectivity index (χ0n) is 11.4. The minimum absolute atomic E-state index is 0.0781. The summed E-state index contributed by atoms with van der Waals surface area (Å²) in [5.41, 5.74) is 0.119. The van der Waals surface area contributed by atoms with Crippen LogP contribution in [0.2, 0.25) is 0 Å². The standard InChI is InChI=1S/C15H20FNO3/c16-12-2-1-3-13(10-12)20-9-4-14(19)17-11-15(5-6-15)7-8-18/h1-3,10,18H,4-9,11H2,(H,17,19). The molecule has 20 heavy (non-hydrogen) atoms. The summed E-state index contributed by atoms with van der Waals surface area (Å²) in [6.45, 7) is 1.01. The molecule has 2 rings (SSSR count). The molecule has 1 saturated carbocycles. The van der Waals surface area contributed by atoms with Crippen molar-refractivity contribution in [3.8, 4) is 5.75 Å². The molecule has 1 aromatic rings. The number of hydrogen-bond donors (Lipinski definition) is 2. The molecule has 0 radical (unpaired) electrons. The average Bonchev–Trinajstić information content (AvgIpc) is 3.17. The van der Waals surface area contributed by atoms with E-state index >= 15 is 0 Å². The van der Waals surface area contributed by atoms with Gasteiger partial charge in [-0.15, -0.1) is 0 Å². The average molecular weight is 281 g/mol. The van der Waals surface area contributed by atoms with Crippen molar-refractivity contribution in [2.24, 2.45) is 5.41 Å². The van der Waals surface area contributed by atoms with E-state index in [2.05, 4.69) is 5.32 Å². The van der Waals surface area contributed by atoms with Gasteiger partial charge in [0.15, 0.2) is 0 Å². The number of ether oxygens (including phenoxy) is 1. The second kappa shape index (κ2) is 6.70. The minimum atomic E-state index is -0.355. The fraction of sp³-hybridized carbons (Fsp3) is 0.533. The number of aliphatic hydroxyl groups excluding tert-OH is 1. The highest BCUT2D eigenvalue weighted by Crippen LogP contribution is 2.47. The van der Waals surface area contributed by atoms with Gasteiger partial charge in [-0.25, -0.2) is 4.39 Å². The topological polar surface area (TPSA) is 58.6 Å². The molecule has 1 fully saturated rings. The van der Waals surface area contributed by atoms with Crippen LogP contribution in [0.25, 0.3) is 0 Å². The van der Waals surface area contributed by atoms with Gasteiger partial charge in [-0.1, -0.05) is 6.07 Å². The first kappa shape index (κ1) is 14.8. The van der Waals surface area contributed by atoms with Crippen LogP contribution < -0.4 is 10.1 Å². The van der Waals surface area contributed by atoms with E-state index in [0.29, 0.717) is 12.3 Å². The van der Waals surface area contributed by atoms with Gasteiger partial charge in [-0.05, 0) is 36.8 Å². The SMILES string of the molecule is O=C(CCOc1cccc(F)c1)NCC1(CCO)CC1. The van der Waals surface area contributed by atoms with Crippen molar-refractivity contribution in [1.82, 2.24) is 5.32 Å². The summed E-state index contributed by atoms with van der Waals surface area (Å²) >= 11 is 0. The molecule has 0 atom stereocenters. The molecule has 0 spiro atoms. The molecule has 0 aromatic heterocycles. The molecule has 0 aliphatic heterocycles. The Balaban J connectivity index is 1.63. The molecule has 5 heteroatoms. The molecular formula is C15H20FNO3. The molecule has 0 heterocycles. The molecule has 110 valence electrons. The maximum absolute atomic E-state index is 12.9. The maximum Gasteiger partial charge on any atom is 0.223 e. The number of halogens is 1. The number of carbonyl (C=O) groups excluding carboxylic acids is 1. The van der Waals surface area contributed by atoms with E-state index in [1.54, 1.807) is 12.1 Å². The lowest BCUT2D eigenvalue weighted by Crippen LogP contribution is -2.31. The highest BCUT2D eigenvalue weighted by atomic mass is 19.1. The summed E-state index contributed by atoms with van der Waals surface area (Å²) < 4.78 is 18.2. The van der Waals surface area contributed by atoms with E-state index in [-0.39, 0.29) is 36.8 Å². The first-order valence-electron chi connectivity index (χ1n) is 6.89. The number of carbonyl (C=O) groups is 1. The van der Waals surface area contributed by atoms with Crippen LogP contribution >= 0.6 is 0 Å². The lowest BCUT2D eigenvalue weighted by Gasteiger charge is -2.14.